The van der Waals surface area contributed by atoms with Crippen molar-refractivity contribution >= 4 is 28.0 Å². The van der Waals surface area contributed by atoms with E-state index in [4.69, 9.17) is 0 Å². The van der Waals surface area contributed by atoms with Crippen molar-refractivity contribution in [1.82, 2.24) is 15.3 Å². The highest BCUT2D eigenvalue weighted by Gasteiger charge is 2.10. The van der Waals surface area contributed by atoms with Gasteiger partial charge in [-0.1, -0.05) is 19.1 Å². The average Bonchev–Trinajstić information content (AvgIpc) is 2.52. The van der Waals surface area contributed by atoms with Gasteiger partial charge in [0.05, 0.1) is 22.1 Å². The molecule has 21 heavy (non-hydrogen) atoms. The number of fused-ring (bicyclic) bond motifs is 2. The van der Waals surface area contributed by atoms with E-state index in [1.54, 1.807) is 12.1 Å². The Hall–Kier alpha value is -2.49. The van der Waals surface area contributed by atoms with Crippen molar-refractivity contribution in [3.05, 3.63) is 48.0 Å². The molecule has 0 aliphatic carbocycles. The van der Waals surface area contributed by atoms with Crippen LogP contribution in [0, 0.1) is 0 Å². The summed E-state index contributed by atoms with van der Waals surface area (Å²) in [6.45, 7) is 4.04. The van der Waals surface area contributed by atoms with Gasteiger partial charge in [-0.05, 0) is 43.7 Å². The van der Waals surface area contributed by atoms with E-state index in [0.29, 0.717) is 5.56 Å². The number of hydrogen-bond donors (Lipinski definition) is 1. The molecule has 3 aromatic rings. The van der Waals surface area contributed by atoms with Crippen molar-refractivity contribution in [2.45, 2.75) is 26.3 Å². The van der Waals surface area contributed by atoms with Crippen LogP contribution in [0.5, 0.6) is 0 Å². The fourth-order valence-electron chi connectivity index (χ4n) is 2.17. The Morgan fingerprint density at radius 1 is 1.05 bits per heavy atom. The van der Waals surface area contributed by atoms with Crippen molar-refractivity contribution in [1.29, 1.82) is 0 Å². The molecule has 4 heteroatoms. The van der Waals surface area contributed by atoms with Gasteiger partial charge in [-0.15, -0.1) is 0 Å². The predicted molar refractivity (Wildman–Crippen MR) is 84.3 cm³/mol. The second kappa shape index (κ2) is 5.48. The molecule has 1 aromatic heterocycles. The van der Waals surface area contributed by atoms with Gasteiger partial charge >= 0.3 is 0 Å². The molecule has 106 valence electrons. The number of carbonyl (C=O) groups is 1. The monoisotopic (exact) mass is 279 g/mol. The predicted octanol–water partition coefficient (Wildman–Crippen LogP) is 3.31. The van der Waals surface area contributed by atoms with Crippen molar-refractivity contribution in [3.8, 4) is 0 Å². The smallest absolute Gasteiger partial charge is 0.251 e. The fourth-order valence-corrected chi connectivity index (χ4v) is 2.17. The number of para-hydroxylation sites is 2. The third-order valence-electron chi connectivity index (χ3n) is 3.59. The maximum Gasteiger partial charge on any atom is 0.251 e. The summed E-state index contributed by atoms with van der Waals surface area (Å²) in [5, 5.41) is 2.96. The van der Waals surface area contributed by atoms with Gasteiger partial charge in [-0.3, -0.25) is 4.79 Å². The van der Waals surface area contributed by atoms with E-state index in [1.807, 2.05) is 44.2 Å². The lowest BCUT2D eigenvalue weighted by Gasteiger charge is -2.11. The maximum absolute atomic E-state index is 12.2. The van der Waals surface area contributed by atoms with Crippen LogP contribution in [0.2, 0.25) is 0 Å². The highest BCUT2D eigenvalue weighted by Crippen LogP contribution is 2.17. The molecule has 4 nitrogen and oxygen atoms in total. The summed E-state index contributed by atoms with van der Waals surface area (Å²) in [6, 6.07) is 13.3. The number of aromatic nitrogens is 2. The van der Waals surface area contributed by atoms with Crippen LogP contribution in [0.25, 0.3) is 22.1 Å². The molecule has 0 fully saturated rings. The first-order valence-electron chi connectivity index (χ1n) is 7.15. The molecule has 0 aliphatic rings. The van der Waals surface area contributed by atoms with E-state index in [-0.39, 0.29) is 11.9 Å². The Labute approximate surface area is 123 Å². The molecule has 1 heterocycles. The van der Waals surface area contributed by atoms with Crippen LogP contribution in [-0.4, -0.2) is 21.9 Å². The summed E-state index contributed by atoms with van der Waals surface area (Å²) in [4.78, 5) is 21.3. The first-order valence-corrected chi connectivity index (χ1v) is 7.15. The lowest BCUT2D eigenvalue weighted by molar-refractivity contribution is 0.0939. The minimum absolute atomic E-state index is 0.0683. The van der Waals surface area contributed by atoms with Crippen LogP contribution in [0.15, 0.2) is 42.5 Å². The Morgan fingerprint density at radius 2 is 1.67 bits per heavy atom. The van der Waals surface area contributed by atoms with Crippen LogP contribution in [0.1, 0.15) is 30.6 Å². The van der Waals surface area contributed by atoms with Gasteiger partial charge in [0.25, 0.3) is 5.91 Å². The summed E-state index contributed by atoms with van der Waals surface area (Å²) in [7, 11) is 0. The number of hydrogen-bond acceptors (Lipinski definition) is 3. The highest BCUT2D eigenvalue weighted by atomic mass is 16.1. The van der Waals surface area contributed by atoms with Gasteiger partial charge < -0.3 is 5.32 Å². The van der Waals surface area contributed by atoms with Crippen LogP contribution >= 0.6 is 0 Å². The SMILES string of the molecule is CCC(C)NC(=O)c1ccc2nc3ccccc3nc2c1. The molecule has 1 unspecified atom stereocenters. The maximum atomic E-state index is 12.2. The number of nitrogens with zero attached hydrogens (tertiary/aromatic N) is 2. The Morgan fingerprint density at radius 3 is 2.33 bits per heavy atom. The van der Waals surface area contributed by atoms with Crippen LogP contribution in [-0.2, 0) is 0 Å². The average molecular weight is 279 g/mol. The van der Waals surface area contributed by atoms with Crippen molar-refractivity contribution in [2.24, 2.45) is 0 Å². The topological polar surface area (TPSA) is 54.9 Å². The minimum atomic E-state index is -0.0683. The number of nitrogens with one attached hydrogen (secondary N) is 1. The second-order valence-corrected chi connectivity index (χ2v) is 5.20. The molecule has 0 saturated carbocycles. The molecule has 3 rings (SSSR count). The van der Waals surface area contributed by atoms with Gasteiger partial charge in [0.1, 0.15) is 0 Å². The van der Waals surface area contributed by atoms with Gasteiger partial charge in [0, 0.05) is 11.6 Å². The van der Waals surface area contributed by atoms with Crippen LogP contribution in [0.4, 0.5) is 0 Å². The first-order chi connectivity index (χ1) is 10.2. The fraction of sp³-hybridized carbons (Fsp3) is 0.235. The molecule has 1 amide bonds. The van der Waals surface area contributed by atoms with Gasteiger partial charge in [-0.2, -0.15) is 0 Å². The lowest BCUT2D eigenvalue weighted by atomic mass is 10.1. The Balaban J connectivity index is 2.03. The third-order valence-corrected chi connectivity index (χ3v) is 3.59. The summed E-state index contributed by atoms with van der Waals surface area (Å²) >= 11 is 0. The van der Waals surface area contributed by atoms with E-state index < -0.39 is 0 Å². The summed E-state index contributed by atoms with van der Waals surface area (Å²) in [5.41, 5.74) is 3.86. The molecule has 0 bridgehead atoms. The number of rotatable bonds is 3. The zero-order chi connectivity index (χ0) is 14.8. The molecule has 1 atom stereocenters. The molecule has 0 saturated heterocycles. The van der Waals surface area contributed by atoms with Gasteiger partial charge in [0.15, 0.2) is 0 Å². The number of amides is 1. The molecular weight excluding hydrogens is 262 g/mol. The zero-order valence-corrected chi connectivity index (χ0v) is 12.1. The molecule has 0 spiro atoms. The molecule has 0 aliphatic heterocycles. The molecule has 1 N–H and O–H groups in total. The van der Waals surface area contributed by atoms with Crippen LogP contribution in [0.3, 0.4) is 0 Å². The second-order valence-electron chi connectivity index (χ2n) is 5.20. The summed E-state index contributed by atoms with van der Waals surface area (Å²) in [6.07, 6.45) is 0.907. The van der Waals surface area contributed by atoms with E-state index in [9.17, 15) is 4.79 Å². The quantitative estimate of drug-likeness (QED) is 0.748. The summed E-state index contributed by atoms with van der Waals surface area (Å²) in [5.74, 6) is -0.0683. The van der Waals surface area contributed by atoms with Gasteiger partial charge in [-0.25, -0.2) is 9.97 Å². The van der Waals surface area contributed by atoms with E-state index in [1.165, 1.54) is 0 Å². The number of carbonyl (C=O) groups excluding carboxylic acids is 1. The molecule has 0 radical (unpaired) electrons. The third kappa shape index (κ3) is 2.70. The first kappa shape index (κ1) is 13.5. The highest BCUT2D eigenvalue weighted by molar-refractivity contribution is 5.98. The van der Waals surface area contributed by atoms with E-state index >= 15 is 0 Å². The van der Waals surface area contributed by atoms with Crippen molar-refractivity contribution < 1.29 is 4.79 Å². The Bertz CT molecular complexity index is 813. The lowest BCUT2D eigenvalue weighted by Crippen LogP contribution is -2.31. The standard InChI is InChI=1S/C17H17N3O/c1-3-11(2)18-17(21)12-8-9-15-16(10-12)20-14-7-5-4-6-13(14)19-15/h4-11H,3H2,1-2H3,(H,18,21). The largest absolute Gasteiger partial charge is 0.350 e. The van der Waals surface area contributed by atoms with E-state index in [0.717, 1.165) is 28.5 Å². The zero-order valence-electron chi connectivity index (χ0n) is 12.1. The molecular formula is C17H17N3O. The number of benzene rings is 2. The normalized spacial score (nSPS) is 12.5. The van der Waals surface area contributed by atoms with E-state index in [2.05, 4.69) is 15.3 Å². The van der Waals surface area contributed by atoms with Gasteiger partial charge in [0.2, 0.25) is 0 Å². The Kier molecular flexibility index (Phi) is 3.52. The van der Waals surface area contributed by atoms with Crippen molar-refractivity contribution in [2.75, 3.05) is 0 Å². The van der Waals surface area contributed by atoms with Crippen molar-refractivity contribution in [3.63, 3.8) is 0 Å². The molecule has 2 aromatic carbocycles. The minimum Gasteiger partial charge on any atom is -0.350 e. The van der Waals surface area contributed by atoms with Crippen LogP contribution < -0.4 is 5.32 Å². The summed E-state index contributed by atoms with van der Waals surface area (Å²) < 4.78 is 0.